The normalized spacial score (nSPS) is 16.0. The second-order valence-corrected chi connectivity index (χ2v) is 11.1. The highest BCUT2D eigenvalue weighted by atomic mass is 19.3. The average molecular weight is 537 g/mol. The molecule has 8 heteroatoms. The zero-order chi connectivity index (χ0) is 28.4. The summed E-state index contributed by atoms with van der Waals surface area (Å²) in [5, 5.41) is 0. The van der Waals surface area contributed by atoms with Gasteiger partial charge < -0.3 is 23.7 Å². The first-order valence-electron chi connectivity index (χ1n) is 13.2. The summed E-state index contributed by atoms with van der Waals surface area (Å²) in [6, 6.07) is 19.8. The minimum absolute atomic E-state index is 0.359. The number of aryl methyl sites for hydroxylation is 1. The van der Waals surface area contributed by atoms with Crippen molar-refractivity contribution in [3.63, 3.8) is 0 Å². The molecule has 1 aliphatic heterocycles. The number of rotatable bonds is 10. The second kappa shape index (κ2) is 11.6. The van der Waals surface area contributed by atoms with Gasteiger partial charge in [0.2, 0.25) is 6.43 Å². The fraction of sp³-hybridized carbons (Fsp3) is 0.419. The topological polar surface area (TPSA) is 40.2 Å². The molecule has 1 saturated heterocycles. The van der Waals surface area contributed by atoms with Crippen molar-refractivity contribution in [2.75, 3.05) is 19.1 Å². The van der Waals surface area contributed by atoms with E-state index in [1.165, 1.54) is 0 Å². The Labute approximate surface area is 231 Å². The van der Waals surface area contributed by atoms with Crippen LogP contribution in [0.5, 0.6) is 11.5 Å². The number of alkyl halides is 2. The van der Waals surface area contributed by atoms with Gasteiger partial charge >= 0.3 is 7.12 Å². The number of hydrogen-bond acceptors (Lipinski definition) is 5. The predicted octanol–water partition coefficient (Wildman–Crippen LogP) is 6.33. The number of nitrogens with zero attached hydrogens (tertiary/aromatic N) is 1. The van der Waals surface area contributed by atoms with Crippen molar-refractivity contribution in [1.82, 2.24) is 0 Å². The molecule has 1 aliphatic rings. The van der Waals surface area contributed by atoms with Gasteiger partial charge in [-0.3, -0.25) is 0 Å². The van der Waals surface area contributed by atoms with Crippen LogP contribution in [0.3, 0.4) is 0 Å². The van der Waals surface area contributed by atoms with E-state index in [9.17, 15) is 8.78 Å². The summed E-state index contributed by atoms with van der Waals surface area (Å²) in [5.74, 6) is 1.58. The molecule has 4 rings (SSSR count). The molecule has 0 N–H and O–H groups in total. The van der Waals surface area contributed by atoms with Crippen LogP contribution in [0.4, 0.5) is 14.5 Å². The third-order valence-electron chi connectivity index (χ3n) is 7.79. The summed E-state index contributed by atoms with van der Waals surface area (Å²) in [6.07, 6.45) is -2.84. The molecular formula is C31H38BF2NO4. The smallest absolute Gasteiger partial charge is 0.495 e. The summed E-state index contributed by atoms with van der Waals surface area (Å²) in [5.41, 5.74) is 3.92. The average Bonchev–Trinajstić information content (AvgIpc) is 3.11. The zero-order valence-electron chi connectivity index (χ0n) is 23.9. The monoisotopic (exact) mass is 537 g/mol. The lowest BCUT2D eigenvalue weighted by Crippen LogP contribution is -2.41. The van der Waals surface area contributed by atoms with Crippen LogP contribution in [0.15, 0.2) is 60.7 Å². The van der Waals surface area contributed by atoms with E-state index in [0.717, 1.165) is 33.9 Å². The van der Waals surface area contributed by atoms with Gasteiger partial charge in [-0.2, -0.15) is 0 Å². The Kier molecular flexibility index (Phi) is 8.57. The van der Waals surface area contributed by atoms with E-state index in [1.807, 2.05) is 95.3 Å². The first kappa shape index (κ1) is 28.9. The van der Waals surface area contributed by atoms with Gasteiger partial charge in [0.15, 0.2) is 0 Å². The van der Waals surface area contributed by atoms with Gasteiger partial charge in [-0.25, -0.2) is 8.78 Å². The van der Waals surface area contributed by atoms with Crippen LogP contribution >= 0.6 is 0 Å². The summed E-state index contributed by atoms with van der Waals surface area (Å²) in [4.78, 5) is 2.23. The molecule has 0 radical (unpaired) electrons. The molecule has 0 atom stereocenters. The Hall–Kier alpha value is -3.10. The Bertz CT molecular complexity index is 1200. The number of anilines is 1. The first-order valence-corrected chi connectivity index (χ1v) is 13.2. The van der Waals surface area contributed by atoms with Crippen LogP contribution in [-0.4, -0.2) is 39.0 Å². The van der Waals surface area contributed by atoms with Crippen molar-refractivity contribution in [3.8, 4) is 11.5 Å². The highest BCUT2D eigenvalue weighted by Gasteiger charge is 2.52. The fourth-order valence-electron chi connectivity index (χ4n) is 4.76. The molecule has 0 aromatic heterocycles. The van der Waals surface area contributed by atoms with Crippen LogP contribution in [0.25, 0.3) is 0 Å². The van der Waals surface area contributed by atoms with Crippen molar-refractivity contribution >= 4 is 18.3 Å². The van der Waals surface area contributed by atoms with Crippen molar-refractivity contribution in [2.24, 2.45) is 0 Å². The zero-order valence-corrected chi connectivity index (χ0v) is 23.9. The van der Waals surface area contributed by atoms with E-state index in [2.05, 4.69) is 4.90 Å². The van der Waals surface area contributed by atoms with E-state index in [-0.39, 0.29) is 6.42 Å². The molecule has 39 heavy (non-hydrogen) atoms. The van der Waals surface area contributed by atoms with Crippen LogP contribution in [0, 0.1) is 6.92 Å². The molecule has 1 heterocycles. The Morgan fingerprint density at radius 2 is 1.26 bits per heavy atom. The number of ether oxygens (including phenoxy) is 2. The van der Waals surface area contributed by atoms with E-state index in [1.54, 1.807) is 14.2 Å². The quantitative estimate of drug-likeness (QED) is 0.283. The Morgan fingerprint density at radius 1 is 0.795 bits per heavy atom. The highest BCUT2D eigenvalue weighted by molar-refractivity contribution is 6.62. The van der Waals surface area contributed by atoms with Crippen LogP contribution in [0.1, 0.15) is 49.9 Å². The largest absolute Gasteiger partial charge is 0.497 e. The van der Waals surface area contributed by atoms with Gasteiger partial charge in [-0.1, -0.05) is 24.3 Å². The van der Waals surface area contributed by atoms with E-state index in [4.69, 9.17) is 18.8 Å². The van der Waals surface area contributed by atoms with Crippen molar-refractivity contribution in [1.29, 1.82) is 0 Å². The van der Waals surface area contributed by atoms with Gasteiger partial charge in [0.05, 0.1) is 25.4 Å². The van der Waals surface area contributed by atoms with E-state index < -0.39 is 24.7 Å². The minimum atomic E-state index is -2.48. The van der Waals surface area contributed by atoms with Gasteiger partial charge in [0.25, 0.3) is 0 Å². The standard InChI is InChI=1S/C31H38BF2NO4/c1-21-16-24(17-28(27(21)18-29(33)34)32-38-30(2,3)31(4,5)39-32)35(19-22-8-12-25(36-6)13-9-22)20-23-10-14-26(37-7)15-11-23/h8-17,29H,18-20H2,1-7H3. The minimum Gasteiger partial charge on any atom is -0.497 e. The van der Waals surface area contributed by atoms with Gasteiger partial charge in [0.1, 0.15) is 11.5 Å². The number of methoxy groups -OCH3 is 2. The maximum atomic E-state index is 13.7. The third kappa shape index (κ3) is 6.56. The number of halogens is 2. The predicted molar refractivity (Wildman–Crippen MR) is 152 cm³/mol. The van der Waals surface area contributed by atoms with Crippen molar-refractivity contribution in [3.05, 3.63) is 82.9 Å². The molecule has 0 bridgehead atoms. The molecule has 0 spiro atoms. The highest BCUT2D eigenvalue weighted by Crippen LogP contribution is 2.37. The van der Waals surface area contributed by atoms with Crippen LogP contribution in [0.2, 0.25) is 0 Å². The maximum absolute atomic E-state index is 13.7. The van der Waals surface area contributed by atoms with Crippen LogP contribution in [-0.2, 0) is 28.8 Å². The Morgan fingerprint density at radius 3 is 1.67 bits per heavy atom. The second-order valence-electron chi connectivity index (χ2n) is 11.1. The molecule has 0 aliphatic carbocycles. The summed E-state index contributed by atoms with van der Waals surface area (Å²) >= 11 is 0. The number of benzene rings is 3. The van der Waals surface area contributed by atoms with Gasteiger partial charge in [-0.05, 0) is 98.7 Å². The summed E-state index contributed by atoms with van der Waals surface area (Å²) < 4.78 is 50.8. The molecule has 208 valence electrons. The lowest BCUT2D eigenvalue weighted by Gasteiger charge is -2.32. The Balaban J connectivity index is 1.77. The SMILES string of the molecule is COc1ccc(CN(Cc2ccc(OC)cc2)c2cc(C)c(CC(F)F)c(B3OC(C)(C)C(C)(C)O3)c2)cc1. The lowest BCUT2D eigenvalue weighted by atomic mass is 9.73. The third-order valence-corrected chi connectivity index (χ3v) is 7.79. The molecule has 0 saturated carbocycles. The molecule has 1 fully saturated rings. The van der Waals surface area contributed by atoms with E-state index in [0.29, 0.717) is 24.1 Å². The lowest BCUT2D eigenvalue weighted by molar-refractivity contribution is 0.00578. The molecule has 5 nitrogen and oxygen atoms in total. The van der Waals surface area contributed by atoms with Crippen molar-refractivity contribution < 1.29 is 27.6 Å². The van der Waals surface area contributed by atoms with Gasteiger partial charge in [-0.15, -0.1) is 0 Å². The summed E-state index contributed by atoms with van der Waals surface area (Å²) in [6.45, 7) is 11.0. The molecular weight excluding hydrogens is 499 g/mol. The summed E-state index contributed by atoms with van der Waals surface area (Å²) in [7, 11) is 2.55. The molecule has 3 aromatic rings. The maximum Gasteiger partial charge on any atom is 0.495 e. The first-order chi connectivity index (χ1) is 18.4. The molecule has 0 amide bonds. The van der Waals surface area contributed by atoms with Crippen LogP contribution < -0.4 is 19.8 Å². The molecule has 3 aromatic carbocycles. The number of hydrogen-bond donors (Lipinski definition) is 0. The fourth-order valence-corrected chi connectivity index (χ4v) is 4.76. The molecule has 0 unspecified atom stereocenters. The van der Waals surface area contributed by atoms with Crippen molar-refractivity contribution in [2.45, 2.75) is 71.8 Å². The van der Waals surface area contributed by atoms with Gasteiger partial charge in [0, 0.05) is 25.2 Å². The van der Waals surface area contributed by atoms with E-state index >= 15 is 0 Å².